The zero-order valence-corrected chi connectivity index (χ0v) is 18.2. The molecule has 0 unspecified atom stereocenters. The summed E-state index contributed by atoms with van der Waals surface area (Å²) in [6.45, 7) is 0. The lowest BCUT2D eigenvalue weighted by atomic mass is 10.2. The summed E-state index contributed by atoms with van der Waals surface area (Å²) in [5.41, 5.74) is 4.61. The number of rotatable bonds is 6. The minimum Gasteiger partial charge on any atom is -0.321 e. The molecule has 0 bridgehead atoms. The fourth-order valence-corrected chi connectivity index (χ4v) is 3.93. The van der Waals surface area contributed by atoms with Crippen LogP contribution in [0.1, 0.15) is 29.4 Å². The van der Waals surface area contributed by atoms with Crippen LogP contribution in [0.4, 0.5) is 5.69 Å². The third-order valence-corrected chi connectivity index (χ3v) is 5.82. The predicted octanol–water partition coefficient (Wildman–Crippen LogP) is 4.78. The van der Waals surface area contributed by atoms with Crippen LogP contribution < -0.4 is 5.32 Å². The van der Waals surface area contributed by atoms with Crippen molar-refractivity contribution in [2.75, 3.05) is 5.32 Å². The number of nitrogens with one attached hydrogen (secondary N) is 1. The molecule has 8 heteroatoms. The second-order valence-corrected chi connectivity index (χ2v) is 8.26. The van der Waals surface area contributed by atoms with Gasteiger partial charge in [-0.25, -0.2) is 4.98 Å². The molecule has 1 aliphatic rings. The van der Waals surface area contributed by atoms with E-state index in [1.807, 2.05) is 71.4 Å². The molecule has 3 aromatic heterocycles. The summed E-state index contributed by atoms with van der Waals surface area (Å²) >= 11 is 0. The fourth-order valence-electron chi connectivity index (χ4n) is 3.93. The molecule has 1 amide bonds. The summed E-state index contributed by atoms with van der Waals surface area (Å²) in [5.74, 6) is 0.527. The third-order valence-electron chi connectivity index (χ3n) is 5.82. The number of carbonyl (C=O) groups excluding carboxylic acids is 1. The number of nitrogens with zero attached hydrogens (tertiary/aromatic N) is 6. The highest BCUT2D eigenvalue weighted by Crippen LogP contribution is 2.37. The van der Waals surface area contributed by atoms with E-state index >= 15 is 0 Å². The number of aromatic nitrogens is 6. The summed E-state index contributed by atoms with van der Waals surface area (Å²) in [6, 6.07) is 21.7. The maximum atomic E-state index is 13.0. The Bertz CT molecular complexity index is 1470. The standard InChI is InChI=1S/C26H21N7O/c34-26(30-20-8-4-7-19(13-20)25-31-29-17-33(25)21-9-10-21)23-14-22(11-12-27-23)32-15-24(28-16-32)18-5-2-1-3-6-18/h1-8,11-17,21H,9-10H2,(H,30,34). The topological polar surface area (TPSA) is 90.5 Å². The van der Waals surface area contributed by atoms with Gasteiger partial charge in [-0.15, -0.1) is 10.2 Å². The van der Waals surface area contributed by atoms with Gasteiger partial charge in [0, 0.05) is 35.2 Å². The average Bonchev–Trinajstić information content (AvgIpc) is 3.40. The normalized spacial score (nSPS) is 13.1. The highest BCUT2D eigenvalue weighted by Gasteiger charge is 2.26. The maximum Gasteiger partial charge on any atom is 0.274 e. The van der Waals surface area contributed by atoms with Crippen molar-refractivity contribution in [3.8, 4) is 28.3 Å². The van der Waals surface area contributed by atoms with E-state index in [4.69, 9.17) is 0 Å². The van der Waals surface area contributed by atoms with Crippen molar-refractivity contribution in [1.29, 1.82) is 0 Å². The number of imidazole rings is 1. The van der Waals surface area contributed by atoms with Gasteiger partial charge in [-0.05, 0) is 37.1 Å². The molecular weight excluding hydrogens is 426 g/mol. The van der Waals surface area contributed by atoms with Gasteiger partial charge >= 0.3 is 0 Å². The van der Waals surface area contributed by atoms with Crippen molar-refractivity contribution in [1.82, 2.24) is 29.3 Å². The van der Waals surface area contributed by atoms with E-state index < -0.39 is 0 Å². The molecular formula is C26H21N7O. The Morgan fingerprint density at radius 1 is 0.912 bits per heavy atom. The first-order valence-corrected chi connectivity index (χ1v) is 11.1. The Labute approximate surface area is 196 Å². The molecule has 3 heterocycles. The van der Waals surface area contributed by atoms with Crippen molar-refractivity contribution >= 4 is 11.6 Å². The zero-order valence-electron chi connectivity index (χ0n) is 18.2. The summed E-state index contributed by atoms with van der Waals surface area (Å²) in [5, 5.41) is 11.3. The quantitative estimate of drug-likeness (QED) is 0.405. The number of hydrogen-bond acceptors (Lipinski definition) is 5. The molecule has 1 fully saturated rings. The average molecular weight is 448 g/mol. The second-order valence-electron chi connectivity index (χ2n) is 8.26. The molecule has 6 rings (SSSR count). The van der Waals surface area contributed by atoms with E-state index in [1.165, 1.54) is 0 Å². The molecule has 0 atom stereocenters. The van der Waals surface area contributed by atoms with Crippen LogP contribution in [-0.4, -0.2) is 35.2 Å². The van der Waals surface area contributed by atoms with Crippen LogP contribution in [-0.2, 0) is 0 Å². The van der Waals surface area contributed by atoms with Crippen LogP contribution >= 0.6 is 0 Å². The molecule has 0 aliphatic heterocycles. The number of carbonyl (C=O) groups is 1. The van der Waals surface area contributed by atoms with Crippen LogP contribution in [0.15, 0.2) is 91.8 Å². The molecule has 34 heavy (non-hydrogen) atoms. The lowest BCUT2D eigenvalue weighted by Crippen LogP contribution is -2.14. The molecule has 0 saturated heterocycles. The molecule has 0 radical (unpaired) electrons. The van der Waals surface area contributed by atoms with Gasteiger partial charge in [-0.1, -0.05) is 42.5 Å². The second kappa shape index (κ2) is 8.40. The van der Waals surface area contributed by atoms with E-state index in [9.17, 15) is 4.79 Å². The Balaban J connectivity index is 1.22. The van der Waals surface area contributed by atoms with E-state index in [2.05, 4.69) is 30.0 Å². The maximum absolute atomic E-state index is 13.0. The summed E-state index contributed by atoms with van der Waals surface area (Å²) in [4.78, 5) is 21.7. The molecule has 5 aromatic rings. The lowest BCUT2D eigenvalue weighted by Gasteiger charge is -2.09. The van der Waals surface area contributed by atoms with Crippen LogP contribution in [0.3, 0.4) is 0 Å². The van der Waals surface area contributed by atoms with Crippen molar-refractivity contribution in [3.63, 3.8) is 0 Å². The van der Waals surface area contributed by atoms with Gasteiger partial charge in [-0.3, -0.25) is 9.78 Å². The molecule has 8 nitrogen and oxygen atoms in total. The van der Waals surface area contributed by atoms with E-state index in [0.29, 0.717) is 17.4 Å². The van der Waals surface area contributed by atoms with Crippen LogP contribution in [0.2, 0.25) is 0 Å². The highest BCUT2D eigenvalue weighted by atomic mass is 16.1. The largest absolute Gasteiger partial charge is 0.321 e. The number of pyridine rings is 1. The number of anilines is 1. The first kappa shape index (κ1) is 20.0. The van der Waals surface area contributed by atoms with E-state index in [-0.39, 0.29) is 5.91 Å². The zero-order chi connectivity index (χ0) is 22.9. The van der Waals surface area contributed by atoms with Crippen LogP contribution in [0.5, 0.6) is 0 Å². The molecule has 0 spiro atoms. The number of hydrogen-bond donors (Lipinski definition) is 1. The van der Waals surface area contributed by atoms with Gasteiger partial charge in [0.1, 0.15) is 12.0 Å². The minimum absolute atomic E-state index is 0.286. The predicted molar refractivity (Wildman–Crippen MR) is 128 cm³/mol. The van der Waals surface area contributed by atoms with E-state index in [0.717, 1.165) is 41.2 Å². The van der Waals surface area contributed by atoms with Crippen LogP contribution in [0.25, 0.3) is 28.3 Å². The first-order chi connectivity index (χ1) is 16.7. The van der Waals surface area contributed by atoms with Gasteiger partial charge in [0.15, 0.2) is 5.82 Å². The number of benzene rings is 2. The van der Waals surface area contributed by atoms with Gasteiger partial charge in [0.25, 0.3) is 5.91 Å². The Kier molecular flexibility index (Phi) is 4.95. The molecule has 1 N–H and O–H groups in total. The van der Waals surface area contributed by atoms with Crippen molar-refractivity contribution in [3.05, 3.63) is 97.5 Å². The van der Waals surface area contributed by atoms with Gasteiger partial charge in [0.2, 0.25) is 0 Å². The third kappa shape index (κ3) is 3.97. The van der Waals surface area contributed by atoms with Crippen molar-refractivity contribution < 1.29 is 4.79 Å². The van der Waals surface area contributed by atoms with Gasteiger partial charge in [-0.2, -0.15) is 0 Å². The molecule has 166 valence electrons. The minimum atomic E-state index is -0.286. The first-order valence-electron chi connectivity index (χ1n) is 11.1. The van der Waals surface area contributed by atoms with E-state index in [1.54, 1.807) is 24.9 Å². The molecule has 2 aromatic carbocycles. The van der Waals surface area contributed by atoms with Gasteiger partial charge in [0.05, 0.1) is 17.7 Å². The Hall–Kier alpha value is -4.59. The van der Waals surface area contributed by atoms with Crippen molar-refractivity contribution in [2.45, 2.75) is 18.9 Å². The molecule has 1 saturated carbocycles. The summed E-state index contributed by atoms with van der Waals surface area (Å²) < 4.78 is 3.98. The summed E-state index contributed by atoms with van der Waals surface area (Å²) in [7, 11) is 0. The van der Waals surface area contributed by atoms with Crippen molar-refractivity contribution in [2.24, 2.45) is 0 Å². The Morgan fingerprint density at radius 2 is 1.76 bits per heavy atom. The van der Waals surface area contributed by atoms with Gasteiger partial charge < -0.3 is 14.5 Å². The van der Waals surface area contributed by atoms with Crippen LogP contribution in [0, 0.1) is 0 Å². The Morgan fingerprint density at radius 3 is 2.62 bits per heavy atom. The number of amides is 1. The smallest absolute Gasteiger partial charge is 0.274 e. The SMILES string of the molecule is O=C(Nc1cccc(-c2nncn2C2CC2)c1)c1cc(-n2cnc(-c3ccccc3)c2)ccn1. The summed E-state index contributed by atoms with van der Waals surface area (Å²) in [6.07, 6.45) is 9.36. The highest BCUT2D eigenvalue weighted by molar-refractivity contribution is 6.03. The lowest BCUT2D eigenvalue weighted by molar-refractivity contribution is 0.102. The fraction of sp³-hybridized carbons (Fsp3) is 0.115. The molecule has 1 aliphatic carbocycles. The monoisotopic (exact) mass is 447 g/mol.